The van der Waals surface area contributed by atoms with Crippen molar-refractivity contribution in [2.24, 2.45) is 0 Å². The minimum absolute atomic E-state index is 0.0237. The SMILES string of the molecule is Cc1noc(C(C)C)c1C(=O)N1CCC(Oc2ccccc2)CC1. The zero-order valence-corrected chi connectivity index (χ0v) is 14.5. The number of carbonyl (C=O) groups is 1. The number of aromatic nitrogens is 1. The molecule has 0 aliphatic carbocycles. The zero-order chi connectivity index (χ0) is 17.1. The second-order valence-electron chi connectivity index (χ2n) is 6.58. The van der Waals surface area contributed by atoms with Crippen LogP contribution in [0.25, 0.3) is 0 Å². The summed E-state index contributed by atoms with van der Waals surface area (Å²) in [4.78, 5) is 14.7. The van der Waals surface area contributed by atoms with Gasteiger partial charge in [-0.05, 0) is 19.1 Å². The minimum Gasteiger partial charge on any atom is -0.490 e. The summed E-state index contributed by atoms with van der Waals surface area (Å²) in [5.74, 6) is 1.74. The fourth-order valence-electron chi connectivity index (χ4n) is 3.07. The van der Waals surface area contributed by atoms with Crippen molar-refractivity contribution >= 4 is 5.91 Å². The fourth-order valence-corrected chi connectivity index (χ4v) is 3.07. The number of para-hydroxylation sites is 1. The van der Waals surface area contributed by atoms with Gasteiger partial charge in [0.25, 0.3) is 5.91 Å². The van der Waals surface area contributed by atoms with Gasteiger partial charge in [-0.15, -0.1) is 0 Å². The molecule has 2 aromatic rings. The van der Waals surface area contributed by atoms with Crippen LogP contribution in [0.1, 0.15) is 54.4 Å². The molecule has 1 aromatic heterocycles. The molecular weight excluding hydrogens is 304 g/mol. The van der Waals surface area contributed by atoms with Gasteiger partial charge < -0.3 is 14.2 Å². The van der Waals surface area contributed by atoms with Gasteiger partial charge in [0.2, 0.25) is 0 Å². The molecule has 1 aliphatic heterocycles. The highest BCUT2D eigenvalue weighted by molar-refractivity contribution is 5.96. The molecule has 0 spiro atoms. The van der Waals surface area contributed by atoms with E-state index in [9.17, 15) is 4.79 Å². The Morgan fingerprint density at radius 1 is 1.25 bits per heavy atom. The first-order valence-corrected chi connectivity index (χ1v) is 8.53. The summed E-state index contributed by atoms with van der Waals surface area (Å²) in [5.41, 5.74) is 1.30. The van der Waals surface area contributed by atoms with E-state index in [4.69, 9.17) is 9.26 Å². The number of nitrogens with zero attached hydrogens (tertiary/aromatic N) is 2. The Labute approximate surface area is 142 Å². The maximum absolute atomic E-state index is 12.9. The van der Waals surface area contributed by atoms with E-state index in [1.165, 1.54) is 0 Å². The number of ether oxygens (including phenoxy) is 1. The maximum atomic E-state index is 12.9. The first-order chi connectivity index (χ1) is 11.6. The molecular formula is C19H24N2O3. The van der Waals surface area contributed by atoms with Crippen molar-refractivity contribution in [2.75, 3.05) is 13.1 Å². The van der Waals surface area contributed by atoms with Crippen LogP contribution in [0.15, 0.2) is 34.9 Å². The van der Waals surface area contributed by atoms with Crippen LogP contribution in [0.3, 0.4) is 0 Å². The molecule has 3 rings (SSSR count). The average molecular weight is 328 g/mol. The van der Waals surface area contributed by atoms with Crippen LogP contribution < -0.4 is 4.74 Å². The van der Waals surface area contributed by atoms with Crippen molar-refractivity contribution in [3.8, 4) is 5.75 Å². The third-order valence-electron chi connectivity index (χ3n) is 4.40. The third kappa shape index (κ3) is 3.45. The van der Waals surface area contributed by atoms with Crippen LogP contribution in [-0.4, -0.2) is 35.2 Å². The van der Waals surface area contributed by atoms with E-state index in [1.54, 1.807) is 0 Å². The molecule has 2 heterocycles. The average Bonchev–Trinajstić information content (AvgIpc) is 2.98. The molecule has 1 aliphatic rings. The standard InChI is InChI=1S/C19H24N2O3/c1-13(2)18-17(14(3)20-24-18)19(22)21-11-9-16(10-12-21)23-15-7-5-4-6-8-15/h4-8,13,16H,9-12H2,1-3H3. The smallest absolute Gasteiger partial charge is 0.259 e. The Bertz CT molecular complexity index is 686. The number of piperidine rings is 1. The minimum atomic E-state index is 0.0237. The Morgan fingerprint density at radius 3 is 2.54 bits per heavy atom. The molecule has 24 heavy (non-hydrogen) atoms. The van der Waals surface area contributed by atoms with E-state index in [0.717, 1.165) is 18.6 Å². The van der Waals surface area contributed by atoms with Gasteiger partial charge in [0, 0.05) is 31.8 Å². The highest BCUT2D eigenvalue weighted by Crippen LogP contribution is 2.26. The highest BCUT2D eigenvalue weighted by atomic mass is 16.5. The number of hydrogen-bond acceptors (Lipinski definition) is 4. The molecule has 0 radical (unpaired) electrons. The second kappa shape index (κ2) is 7.07. The van der Waals surface area contributed by atoms with E-state index in [0.29, 0.717) is 30.1 Å². The maximum Gasteiger partial charge on any atom is 0.259 e. The number of rotatable bonds is 4. The largest absolute Gasteiger partial charge is 0.490 e. The Morgan fingerprint density at radius 2 is 1.92 bits per heavy atom. The summed E-state index contributed by atoms with van der Waals surface area (Å²) in [6, 6.07) is 9.84. The molecule has 0 N–H and O–H groups in total. The molecule has 0 bridgehead atoms. The van der Waals surface area contributed by atoms with E-state index in [-0.39, 0.29) is 17.9 Å². The van der Waals surface area contributed by atoms with Crippen LogP contribution in [0.2, 0.25) is 0 Å². The molecule has 1 saturated heterocycles. The van der Waals surface area contributed by atoms with E-state index in [2.05, 4.69) is 5.16 Å². The van der Waals surface area contributed by atoms with Crippen LogP contribution in [0.5, 0.6) is 5.75 Å². The Hall–Kier alpha value is -2.30. The third-order valence-corrected chi connectivity index (χ3v) is 4.40. The van der Waals surface area contributed by atoms with Gasteiger partial charge in [0.1, 0.15) is 17.4 Å². The van der Waals surface area contributed by atoms with Gasteiger partial charge in [-0.25, -0.2) is 0 Å². The lowest BCUT2D eigenvalue weighted by Gasteiger charge is -2.32. The Balaban J connectivity index is 1.62. The molecule has 5 heteroatoms. The van der Waals surface area contributed by atoms with E-state index < -0.39 is 0 Å². The van der Waals surface area contributed by atoms with Gasteiger partial charge in [-0.3, -0.25) is 4.79 Å². The summed E-state index contributed by atoms with van der Waals surface area (Å²) in [6.07, 6.45) is 1.83. The molecule has 0 saturated carbocycles. The van der Waals surface area contributed by atoms with Crippen molar-refractivity contribution in [3.05, 3.63) is 47.3 Å². The van der Waals surface area contributed by atoms with Gasteiger partial charge >= 0.3 is 0 Å². The van der Waals surface area contributed by atoms with Gasteiger partial charge in [0.15, 0.2) is 5.76 Å². The topological polar surface area (TPSA) is 55.6 Å². The van der Waals surface area contributed by atoms with Crippen LogP contribution in [-0.2, 0) is 0 Å². The highest BCUT2D eigenvalue weighted by Gasteiger charge is 2.30. The van der Waals surface area contributed by atoms with Crippen molar-refractivity contribution in [1.29, 1.82) is 0 Å². The summed E-state index contributed by atoms with van der Waals surface area (Å²) in [5, 5.41) is 3.98. The lowest BCUT2D eigenvalue weighted by atomic mass is 10.0. The van der Waals surface area contributed by atoms with Crippen LogP contribution in [0, 0.1) is 6.92 Å². The predicted octanol–water partition coefficient (Wildman–Crippen LogP) is 3.79. The molecule has 0 unspecified atom stereocenters. The van der Waals surface area contributed by atoms with Crippen molar-refractivity contribution in [1.82, 2.24) is 10.1 Å². The number of hydrogen-bond donors (Lipinski definition) is 0. The van der Waals surface area contributed by atoms with Crippen LogP contribution >= 0.6 is 0 Å². The number of amides is 1. The molecule has 1 fully saturated rings. The number of aryl methyl sites for hydroxylation is 1. The number of carbonyl (C=O) groups excluding carboxylic acids is 1. The molecule has 0 atom stereocenters. The molecule has 1 aromatic carbocycles. The van der Waals surface area contributed by atoms with Crippen molar-refractivity contribution in [3.63, 3.8) is 0 Å². The number of likely N-dealkylation sites (tertiary alicyclic amines) is 1. The van der Waals surface area contributed by atoms with E-state index in [1.807, 2.05) is 56.0 Å². The quantitative estimate of drug-likeness (QED) is 0.857. The monoisotopic (exact) mass is 328 g/mol. The lowest BCUT2D eigenvalue weighted by molar-refractivity contribution is 0.0592. The summed E-state index contributed by atoms with van der Waals surface area (Å²) in [6.45, 7) is 7.23. The summed E-state index contributed by atoms with van der Waals surface area (Å²) in [7, 11) is 0. The lowest BCUT2D eigenvalue weighted by Crippen LogP contribution is -2.42. The molecule has 128 valence electrons. The molecule has 1 amide bonds. The van der Waals surface area contributed by atoms with Gasteiger partial charge in [0.05, 0.1) is 5.69 Å². The Kier molecular flexibility index (Phi) is 4.88. The predicted molar refractivity (Wildman–Crippen MR) is 91.3 cm³/mol. The van der Waals surface area contributed by atoms with E-state index >= 15 is 0 Å². The van der Waals surface area contributed by atoms with Crippen LogP contribution in [0.4, 0.5) is 0 Å². The first kappa shape index (κ1) is 16.6. The number of benzene rings is 1. The molecule has 5 nitrogen and oxygen atoms in total. The summed E-state index contributed by atoms with van der Waals surface area (Å²) >= 11 is 0. The normalized spacial score (nSPS) is 15.8. The zero-order valence-electron chi connectivity index (χ0n) is 14.5. The fraction of sp³-hybridized carbons (Fsp3) is 0.474. The first-order valence-electron chi connectivity index (χ1n) is 8.53. The van der Waals surface area contributed by atoms with Crippen molar-refractivity contribution < 1.29 is 14.1 Å². The van der Waals surface area contributed by atoms with Gasteiger partial charge in [-0.2, -0.15) is 0 Å². The van der Waals surface area contributed by atoms with Gasteiger partial charge in [-0.1, -0.05) is 37.2 Å². The summed E-state index contributed by atoms with van der Waals surface area (Å²) < 4.78 is 11.3. The van der Waals surface area contributed by atoms with Crippen molar-refractivity contribution in [2.45, 2.75) is 45.6 Å². The second-order valence-corrected chi connectivity index (χ2v) is 6.58.